The number of allylic oxidation sites excluding steroid dienone is 1. The Hall–Kier alpha value is -1.90. The molecule has 2 N–H and O–H groups in total. The van der Waals surface area contributed by atoms with Crippen molar-refractivity contribution in [3.8, 4) is 5.69 Å². The standard InChI is InChI=1S/C20H28N6.HI/c1-2-21-20(22-14-13-17-9-5-3-6-10-17)23-15-19-25-24-16-26(19)18-11-7-4-8-12-18;/h4,7-9,11-12,16H,2-3,5-6,10,13-15H2,1H3,(H2,21,22,23);1H. The third kappa shape index (κ3) is 6.64. The summed E-state index contributed by atoms with van der Waals surface area (Å²) in [6.45, 7) is 4.29. The van der Waals surface area contributed by atoms with Gasteiger partial charge in [-0.2, -0.15) is 0 Å². The predicted octanol–water partition coefficient (Wildman–Crippen LogP) is 3.83. The Balaban J connectivity index is 0.00000261. The van der Waals surface area contributed by atoms with Crippen molar-refractivity contribution in [1.82, 2.24) is 25.4 Å². The summed E-state index contributed by atoms with van der Waals surface area (Å²) in [7, 11) is 0. The SMILES string of the molecule is CCNC(=NCc1nncn1-c1ccccc1)NCCC1=CCCCC1.I. The van der Waals surface area contributed by atoms with Crippen LogP contribution in [0.5, 0.6) is 0 Å². The molecule has 0 amide bonds. The molecule has 0 fully saturated rings. The third-order valence-corrected chi connectivity index (χ3v) is 4.50. The van der Waals surface area contributed by atoms with Crippen molar-refractivity contribution in [2.75, 3.05) is 13.1 Å². The highest BCUT2D eigenvalue weighted by Gasteiger charge is 2.07. The van der Waals surface area contributed by atoms with Gasteiger partial charge in [-0.15, -0.1) is 34.2 Å². The minimum Gasteiger partial charge on any atom is -0.357 e. The van der Waals surface area contributed by atoms with Crippen LogP contribution >= 0.6 is 24.0 Å². The molecular formula is C20H29IN6. The topological polar surface area (TPSA) is 67.1 Å². The molecule has 0 unspecified atom stereocenters. The number of aromatic nitrogens is 3. The summed E-state index contributed by atoms with van der Waals surface area (Å²) in [5.41, 5.74) is 2.62. The van der Waals surface area contributed by atoms with E-state index in [4.69, 9.17) is 0 Å². The van der Waals surface area contributed by atoms with E-state index in [0.717, 1.165) is 37.0 Å². The summed E-state index contributed by atoms with van der Waals surface area (Å²) in [4.78, 5) is 4.68. The van der Waals surface area contributed by atoms with E-state index in [9.17, 15) is 0 Å². The lowest BCUT2D eigenvalue weighted by molar-refractivity contribution is 0.665. The van der Waals surface area contributed by atoms with Gasteiger partial charge in [0.2, 0.25) is 0 Å². The van der Waals surface area contributed by atoms with Crippen LogP contribution in [0.15, 0.2) is 53.3 Å². The van der Waals surface area contributed by atoms with Gasteiger partial charge < -0.3 is 10.6 Å². The summed E-state index contributed by atoms with van der Waals surface area (Å²) in [5, 5.41) is 15.0. The number of nitrogens with one attached hydrogen (secondary N) is 2. The number of nitrogens with zero attached hydrogens (tertiary/aromatic N) is 4. The minimum absolute atomic E-state index is 0. The van der Waals surface area contributed by atoms with Gasteiger partial charge in [-0.25, -0.2) is 4.99 Å². The zero-order valence-corrected chi connectivity index (χ0v) is 18.2. The molecule has 1 aliphatic rings. The van der Waals surface area contributed by atoms with Crippen LogP contribution in [0.4, 0.5) is 0 Å². The van der Waals surface area contributed by atoms with Gasteiger partial charge in [-0.1, -0.05) is 29.8 Å². The monoisotopic (exact) mass is 480 g/mol. The first kappa shape index (κ1) is 21.4. The number of hydrogen-bond donors (Lipinski definition) is 2. The molecule has 146 valence electrons. The summed E-state index contributed by atoms with van der Waals surface area (Å²) < 4.78 is 1.97. The lowest BCUT2D eigenvalue weighted by atomic mass is 9.97. The quantitative estimate of drug-likeness (QED) is 0.274. The number of rotatable bonds is 7. The molecule has 1 aliphatic carbocycles. The first-order valence-corrected chi connectivity index (χ1v) is 9.51. The Morgan fingerprint density at radius 1 is 1.19 bits per heavy atom. The Labute approximate surface area is 178 Å². The third-order valence-electron chi connectivity index (χ3n) is 4.50. The van der Waals surface area contributed by atoms with Crippen LogP contribution in [0.2, 0.25) is 0 Å². The van der Waals surface area contributed by atoms with Crippen LogP contribution in [-0.2, 0) is 6.54 Å². The maximum atomic E-state index is 4.68. The van der Waals surface area contributed by atoms with Crippen molar-refractivity contribution in [1.29, 1.82) is 0 Å². The van der Waals surface area contributed by atoms with Crippen LogP contribution in [0.3, 0.4) is 0 Å². The summed E-state index contributed by atoms with van der Waals surface area (Å²) >= 11 is 0. The molecular weight excluding hydrogens is 451 g/mol. The van der Waals surface area contributed by atoms with Crippen LogP contribution in [0.1, 0.15) is 44.9 Å². The van der Waals surface area contributed by atoms with Gasteiger partial charge in [0.25, 0.3) is 0 Å². The van der Waals surface area contributed by atoms with E-state index in [-0.39, 0.29) is 24.0 Å². The van der Waals surface area contributed by atoms with Crippen molar-refractivity contribution < 1.29 is 0 Å². The highest BCUT2D eigenvalue weighted by atomic mass is 127. The van der Waals surface area contributed by atoms with E-state index in [1.165, 1.54) is 25.7 Å². The van der Waals surface area contributed by atoms with Gasteiger partial charge in [0, 0.05) is 18.8 Å². The molecule has 0 saturated carbocycles. The van der Waals surface area contributed by atoms with Crippen LogP contribution in [-0.4, -0.2) is 33.8 Å². The number of aliphatic imine (C=N–C) groups is 1. The van der Waals surface area contributed by atoms with E-state index in [1.54, 1.807) is 11.9 Å². The average molecular weight is 480 g/mol. The second-order valence-electron chi connectivity index (χ2n) is 6.43. The molecule has 1 heterocycles. The Kier molecular flexibility index (Phi) is 9.30. The predicted molar refractivity (Wildman–Crippen MR) is 121 cm³/mol. The molecule has 2 aromatic rings. The highest BCUT2D eigenvalue weighted by Crippen LogP contribution is 2.19. The Morgan fingerprint density at radius 3 is 2.78 bits per heavy atom. The molecule has 0 atom stereocenters. The van der Waals surface area contributed by atoms with E-state index in [0.29, 0.717) is 6.54 Å². The molecule has 1 aromatic carbocycles. The molecule has 0 spiro atoms. The summed E-state index contributed by atoms with van der Waals surface area (Å²) in [6, 6.07) is 10.1. The van der Waals surface area contributed by atoms with Crippen LogP contribution in [0.25, 0.3) is 5.69 Å². The van der Waals surface area contributed by atoms with Crippen LogP contribution in [0, 0.1) is 0 Å². The summed E-state index contributed by atoms with van der Waals surface area (Å²) in [5.74, 6) is 1.65. The lowest BCUT2D eigenvalue weighted by Crippen LogP contribution is -2.38. The summed E-state index contributed by atoms with van der Waals surface area (Å²) in [6.07, 6.45) is 10.4. The van der Waals surface area contributed by atoms with E-state index < -0.39 is 0 Å². The van der Waals surface area contributed by atoms with E-state index in [2.05, 4.69) is 38.8 Å². The zero-order valence-electron chi connectivity index (χ0n) is 15.9. The molecule has 0 saturated heterocycles. The van der Waals surface area contributed by atoms with Crippen molar-refractivity contribution in [3.63, 3.8) is 0 Å². The van der Waals surface area contributed by atoms with Crippen molar-refractivity contribution in [2.45, 2.75) is 45.6 Å². The second-order valence-corrected chi connectivity index (χ2v) is 6.43. The van der Waals surface area contributed by atoms with Gasteiger partial charge >= 0.3 is 0 Å². The first-order chi connectivity index (χ1) is 12.9. The number of guanidine groups is 1. The minimum atomic E-state index is 0. The fourth-order valence-electron chi connectivity index (χ4n) is 3.14. The van der Waals surface area contributed by atoms with Gasteiger partial charge in [0.1, 0.15) is 12.9 Å². The smallest absolute Gasteiger partial charge is 0.191 e. The lowest BCUT2D eigenvalue weighted by Gasteiger charge is -2.15. The molecule has 1 aromatic heterocycles. The van der Waals surface area contributed by atoms with Crippen LogP contribution < -0.4 is 10.6 Å². The number of halogens is 1. The fourth-order valence-corrected chi connectivity index (χ4v) is 3.14. The maximum Gasteiger partial charge on any atom is 0.191 e. The van der Waals surface area contributed by atoms with E-state index in [1.807, 2.05) is 34.9 Å². The average Bonchev–Trinajstić information content (AvgIpc) is 3.16. The number of para-hydroxylation sites is 1. The van der Waals surface area contributed by atoms with Gasteiger partial charge in [0.05, 0.1) is 0 Å². The molecule has 0 radical (unpaired) electrons. The highest BCUT2D eigenvalue weighted by molar-refractivity contribution is 14.0. The molecule has 0 aliphatic heterocycles. The maximum absolute atomic E-state index is 4.68. The fraction of sp³-hybridized carbons (Fsp3) is 0.450. The van der Waals surface area contributed by atoms with Gasteiger partial charge in [0.15, 0.2) is 11.8 Å². The second kappa shape index (κ2) is 11.7. The zero-order chi connectivity index (χ0) is 18.0. The number of benzene rings is 1. The Bertz CT molecular complexity index is 738. The Morgan fingerprint density at radius 2 is 2.04 bits per heavy atom. The molecule has 7 heteroatoms. The van der Waals surface area contributed by atoms with Gasteiger partial charge in [-0.3, -0.25) is 4.57 Å². The van der Waals surface area contributed by atoms with Crippen molar-refractivity contribution in [3.05, 3.63) is 54.1 Å². The van der Waals surface area contributed by atoms with Gasteiger partial charge in [-0.05, 0) is 51.2 Å². The molecule has 0 bridgehead atoms. The molecule has 3 rings (SSSR count). The number of hydrogen-bond acceptors (Lipinski definition) is 3. The normalized spacial score (nSPS) is 14.3. The van der Waals surface area contributed by atoms with Crippen molar-refractivity contribution in [2.24, 2.45) is 4.99 Å². The van der Waals surface area contributed by atoms with E-state index >= 15 is 0 Å². The molecule has 6 nitrogen and oxygen atoms in total. The first-order valence-electron chi connectivity index (χ1n) is 9.51. The molecule has 27 heavy (non-hydrogen) atoms. The van der Waals surface area contributed by atoms with Crippen molar-refractivity contribution >= 4 is 29.9 Å². The largest absolute Gasteiger partial charge is 0.357 e.